The van der Waals surface area contributed by atoms with Crippen LogP contribution in [0.15, 0.2) is 61.8 Å². The fourth-order valence-corrected chi connectivity index (χ4v) is 4.45. The molecule has 34 heavy (non-hydrogen) atoms. The molecule has 2 rings (SSSR count). The van der Waals surface area contributed by atoms with Gasteiger partial charge in [-0.2, -0.15) is 0 Å². The number of hydrogen-bond donors (Lipinski definition) is 2. The quantitative estimate of drug-likeness (QED) is 0.215. The van der Waals surface area contributed by atoms with Gasteiger partial charge in [0.15, 0.2) is 5.76 Å². The normalized spacial score (nSPS) is 23.3. The molecule has 0 spiro atoms. The van der Waals surface area contributed by atoms with E-state index in [1.54, 1.807) is 0 Å². The molecule has 1 aliphatic heterocycles. The van der Waals surface area contributed by atoms with Gasteiger partial charge < -0.3 is 16.0 Å². The summed E-state index contributed by atoms with van der Waals surface area (Å²) in [7, 11) is 0. The Labute approximate surface area is 208 Å². The number of halogens is 1. The van der Waals surface area contributed by atoms with Crippen LogP contribution in [0.1, 0.15) is 73.6 Å². The van der Waals surface area contributed by atoms with Crippen molar-refractivity contribution < 1.29 is 9.47 Å². The molecule has 0 amide bonds. The van der Waals surface area contributed by atoms with Gasteiger partial charge in [0, 0.05) is 34.1 Å². The summed E-state index contributed by atoms with van der Waals surface area (Å²) in [5, 5.41) is 3.40. The van der Waals surface area contributed by atoms with Gasteiger partial charge >= 0.3 is 0 Å². The third kappa shape index (κ3) is 9.71. The van der Waals surface area contributed by atoms with E-state index in [2.05, 4.69) is 102 Å². The van der Waals surface area contributed by atoms with Crippen molar-refractivity contribution in [3.63, 3.8) is 0 Å². The Hall–Kier alpha value is -2.61. The van der Waals surface area contributed by atoms with E-state index in [4.69, 9.17) is 5.73 Å². The second-order valence-corrected chi connectivity index (χ2v) is 11.7. The second kappa shape index (κ2) is 12.7. The zero-order valence-electron chi connectivity index (χ0n) is 22.5. The highest BCUT2D eigenvalue weighted by Crippen LogP contribution is 2.50. The van der Waals surface area contributed by atoms with Gasteiger partial charge in [-0.25, -0.2) is 0 Å². The van der Waals surface area contributed by atoms with Gasteiger partial charge in [-0.3, -0.25) is 4.94 Å². The lowest BCUT2D eigenvalue weighted by atomic mass is 9.90. The fraction of sp³-hybridized carbons (Fsp3) is 0.586. The highest BCUT2D eigenvalue weighted by molar-refractivity contribution is 5.33. The molecule has 1 heterocycles. The van der Waals surface area contributed by atoms with Crippen molar-refractivity contribution in [2.45, 2.75) is 85.2 Å². The summed E-state index contributed by atoms with van der Waals surface area (Å²) >= 11 is 0. The molecular weight excluding hydrogens is 425 g/mol. The maximum atomic E-state index is 12.7. The van der Waals surface area contributed by atoms with Crippen molar-refractivity contribution in [1.29, 1.82) is 0 Å². The molecule has 192 valence electrons. The maximum absolute atomic E-state index is 12.7. The summed E-state index contributed by atoms with van der Waals surface area (Å²) < 4.78 is 12.7. The number of nitrogens with zero attached hydrogens (tertiary/aromatic N) is 1. The Morgan fingerprint density at radius 2 is 1.65 bits per heavy atom. The molecule has 2 aliphatic rings. The Kier molecular flexibility index (Phi) is 11.8. The van der Waals surface area contributed by atoms with Crippen LogP contribution in [0.4, 0.5) is 4.53 Å². The summed E-state index contributed by atoms with van der Waals surface area (Å²) in [5.74, 6) is 0.219. The summed E-state index contributed by atoms with van der Waals surface area (Å²) in [5.41, 5.74) is 8.07. The Morgan fingerprint density at radius 1 is 1.12 bits per heavy atom. The Balaban J connectivity index is 0.000000924. The molecule has 1 aliphatic carbocycles. The molecular formula is C29H48FN3O. The molecule has 3 N–H and O–H groups in total. The molecule has 5 heteroatoms. The molecule has 0 aromatic heterocycles. The smallest absolute Gasteiger partial charge is 0.167 e. The molecule has 3 atom stereocenters. The number of nitrogens with two attached hydrogens (primary N) is 1. The van der Waals surface area contributed by atoms with E-state index in [9.17, 15) is 4.53 Å². The summed E-state index contributed by atoms with van der Waals surface area (Å²) in [6.45, 7) is 33.7. The van der Waals surface area contributed by atoms with E-state index in [0.717, 1.165) is 55.7 Å². The van der Waals surface area contributed by atoms with Gasteiger partial charge in [-0.15, -0.1) is 19.4 Å². The van der Waals surface area contributed by atoms with Crippen molar-refractivity contribution in [3.8, 4) is 12.8 Å². The van der Waals surface area contributed by atoms with Crippen molar-refractivity contribution in [2.75, 3.05) is 6.54 Å². The Bertz CT molecular complexity index is 768. The van der Waals surface area contributed by atoms with Gasteiger partial charge in [0.05, 0.1) is 6.04 Å². The van der Waals surface area contributed by atoms with Crippen molar-refractivity contribution in [3.05, 3.63) is 61.8 Å². The highest BCUT2D eigenvalue weighted by atomic mass is 19.3. The molecule has 0 radical (unpaired) electrons. The van der Waals surface area contributed by atoms with E-state index in [-0.39, 0.29) is 23.1 Å². The number of terminal acetylenes is 1. The number of rotatable bonds is 9. The first-order chi connectivity index (χ1) is 15.6. The lowest BCUT2D eigenvalue weighted by molar-refractivity contribution is -0.0934. The second-order valence-electron chi connectivity index (χ2n) is 11.7. The van der Waals surface area contributed by atoms with Gasteiger partial charge in [0.2, 0.25) is 0 Å². The monoisotopic (exact) mass is 473 g/mol. The van der Waals surface area contributed by atoms with Crippen LogP contribution in [0.5, 0.6) is 0 Å². The molecule has 4 nitrogen and oxygen atoms in total. The lowest BCUT2D eigenvalue weighted by Gasteiger charge is -2.35. The summed E-state index contributed by atoms with van der Waals surface area (Å²) in [6.07, 6.45) is 14.5. The van der Waals surface area contributed by atoms with E-state index in [0.29, 0.717) is 5.41 Å². The van der Waals surface area contributed by atoms with E-state index < -0.39 is 5.54 Å². The van der Waals surface area contributed by atoms with Crippen LogP contribution < -0.4 is 11.1 Å². The average molecular weight is 474 g/mol. The molecule has 2 fully saturated rings. The van der Waals surface area contributed by atoms with Crippen LogP contribution >= 0.6 is 0 Å². The zero-order valence-corrected chi connectivity index (χ0v) is 22.5. The van der Waals surface area contributed by atoms with Crippen molar-refractivity contribution in [1.82, 2.24) is 10.2 Å². The predicted molar refractivity (Wildman–Crippen MR) is 145 cm³/mol. The van der Waals surface area contributed by atoms with Crippen LogP contribution in [-0.2, 0) is 4.94 Å². The number of nitrogens with one attached hydrogen (secondary N) is 1. The van der Waals surface area contributed by atoms with Crippen molar-refractivity contribution >= 4 is 0 Å². The van der Waals surface area contributed by atoms with Gasteiger partial charge in [-0.05, 0) is 42.9 Å². The molecule has 2 unspecified atom stereocenters. The molecule has 1 saturated carbocycles. The van der Waals surface area contributed by atoms with Crippen LogP contribution in [-0.4, -0.2) is 23.0 Å². The third-order valence-corrected chi connectivity index (χ3v) is 5.83. The minimum Gasteiger partial charge on any atom is -0.402 e. The zero-order chi connectivity index (χ0) is 26.9. The minimum absolute atomic E-state index is 0.103. The molecule has 1 saturated heterocycles. The molecule has 0 aromatic carbocycles. The van der Waals surface area contributed by atoms with E-state index in [1.807, 2.05) is 6.08 Å². The van der Waals surface area contributed by atoms with Gasteiger partial charge in [0.25, 0.3) is 0 Å². The Morgan fingerprint density at radius 3 is 2.00 bits per heavy atom. The van der Waals surface area contributed by atoms with Crippen LogP contribution in [0, 0.1) is 29.6 Å². The van der Waals surface area contributed by atoms with E-state index in [1.165, 1.54) is 0 Å². The third-order valence-electron chi connectivity index (χ3n) is 5.83. The van der Waals surface area contributed by atoms with Gasteiger partial charge in [0.1, 0.15) is 5.54 Å². The first-order valence-electron chi connectivity index (χ1n) is 11.8. The van der Waals surface area contributed by atoms with Crippen LogP contribution in [0.3, 0.4) is 0 Å². The fourth-order valence-electron chi connectivity index (χ4n) is 4.45. The maximum Gasteiger partial charge on any atom is 0.167 e. The van der Waals surface area contributed by atoms with Crippen molar-refractivity contribution in [2.24, 2.45) is 22.5 Å². The molecule has 0 aromatic rings. The van der Waals surface area contributed by atoms with Gasteiger partial charge in [-0.1, -0.05) is 73.9 Å². The topological polar surface area (TPSA) is 50.5 Å². The first kappa shape index (κ1) is 31.4. The lowest BCUT2D eigenvalue weighted by Crippen LogP contribution is -2.42. The summed E-state index contributed by atoms with van der Waals surface area (Å²) in [6, 6.07) is 0.176. The van der Waals surface area contributed by atoms with Crippen LogP contribution in [0.25, 0.3) is 0 Å². The standard InChI is InChI=1S/C20H31FN2O.C7H15N.C2H2/c1-8-17-13-20(17,16(4)24-21)22-15(3)18-10-9-11-23(18)14(2)12-19(5,6)7;1-6(8)5-7(2,3)4;1-2/h8,17-18,22H,1-4,9-13H2,5-7H3;1,5,8H2,2-4H3;1-2H/t17?,18-,20?;;/m0../s1. The predicted octanol–water partition coefficient (Wildman–Crippen LogP) is 7.01. The number of hydrogen-bond acceptors (Lipinski definition) is 4. The van der Waals surface area contributed by atoms with E-state index >= 15 is 0 Å². The number of allylic oxidation sites excluding steroid dienone is 2. The number of likely N-dealkylation sites (tertiary alicyclic amines) is 1. The molecule has 0 bridgehead atoms. The SMILES string of the molecule is C#C.C=C(N)CC(C)(C)C.C=CC1CC1(NC(=C)[C@@H]1CCCN1C(=C)CC(C)(C)C)C(=C)OF. The van der Waals surface area contributed by atoms with Crippen LogP contribution in [0.2, 0.25) is 0 Å². The largest absolute Gasteiger partial charge is 0.402 e. The first-order valence-corrected chi connectivity index (χ1v) is 11.8. The minimum atomic E-state index is -0.604. The average Bonchev–Trinajstić information content (AvgIpc) is 3.18. The highest BCUT2D eigenvalue weighted by Gasteiger charge is 2.57. The summed E-state index contributed by atoms with van der Waals surface area (Å²) in [4.78, 5) is 6.27.